The Hall–Kier alpha value is -2.10. The molecular weight excluding hydrogens is 292 g/mol. The Balaban J connectivity index is 1.84. The molecule has 1 N–H and O–H groups in total. The van der Waals surface area contributed by atoms with Gasteiger partial charge in [-0.3, -0.25) is 0 Å². The Labute approximate surface area is 134 Å². The molecule has 3 heteroatoms. The first kappa shape index (κ1) is 14.8. The fraction of sp³-hybridized carbons (Fsp3) is 0.158. The standard InChI is InChI=1S/C19H18O2S/c1-14-9-19(22-13-14)18-10-17(8-7-16(18)11-20)21-12-15-5-3-2-4-6-15/h2-10,13,20H,11-12H2,1H3. The van der Waals surface area contributed by atoms with Gasteiger partial charge in [0.15, 0.2) is 0 Å². The molecule has 1 heterocycles. The Morgan fingerprint density at radius 3 is 2.55 bits per heavy atom. The van der Waals surface area contributed by atoms with E-state index in [-0.39, 0.29) is 6.61 Å². The van der Waals surface area contributed by atoms with Gasteiger partial charge in [-0.2, -0.15) is 0 Å². The highest BCUT2D eigenvalue weighted by molar-refractivity contribution is 7.13. The third-order valence-electron chi connectivity index (χ3n) is 3.50. The van der Waals surface area contributed by atoms with Crippen LogP contribution >= 0.6 is 11.3 Å². The summed E-state index contributed by atoms with van der Waals surface area (Å²) in [6.45, 7) is 2.65. The van der Waals surface area contributed by atoms with Crippen molar-refractivity contribution in [1.29, 1.82) is 0 Å². The first-order valence-electron chi connectivity index (χ1n) is 7.22. The Morgan fingerprint density at radius 1 is 1.05 bits per heavy atom. The van der Waals surface area contributed by atoms with Crippen LogP contribution in [0.15, 0.2) is 60.0 Å². The van der Waals surface area contributed by atoms with Gasteiger partial charge in [0.2, 0.25) is 0 Å². The van der Waals surface area contributed by atoms with Crippen molar-refractivity contribution in [3.63, 3.8) is 0 Å². The second-order valence-corrected chi connectivity index (χ2v) is 6.15. The van der Waals surface area contributed by atoms with Crippen molar-refractivity contribution in [2.45, 2.75) is 20.1 Å². The highest BCUT2D eigenvalue weighted by atomic mass is 32.1. The summed E-state index contributed by atoms with van der Waals surface area (Å²) in [4.78, 5) is 1.16. The van der Waals surface area contributed by atoms with E-state index in [2.05, 4.69) is 18.4 Å². The average Bonchev–Trinajstić information content (AvgIpc) is 3.00. The van der Waals surface area contributed by atoms with Gasteiger partial charge in [0.05, 0.1) is 6.61 Å². The van der Waals surface area contributed by atoms with Crippen LogP contribution in [0.3, 0.4) is 0 Å². The maximum absolute atomic E-state index is 9.55. The molecule has 112 valence electrons. The number of ether oxygens (including phenoxy) is 1. The monoisotopic (exact) mass is 310 g/mol. The van der Waals surface area contributed by atoms with Crippen LogP contribution in [-0.2, 0) is 13.2 Å². The van der Waals surface area contributed by atoms with Gasteiger partial charge in [-0.25, -0.2) is 0 Å². The number of rotatable bonds is 5. The number of aryl methyl sites for hydroxylation is 1. The molecule has 22 heavy (non-hydrogen) atoms. The number of thiophene rings is 1. The fourth-order valence-corrected chi connectivity index (χ4v) is 3.28. The van der Waals surface area contributed by atoms with Crippen LogP contribution in [-0.4, -0.2) is 5.11 Å². The molecule has 0 fully saturated rings. The molecule has 1 aromatic heterocycles. The van der Waals surface area contributed by atoms with Crippen molar-refractivity contribution in [2.75, 3.05) is 0 Å². The normalized spacial score (nSPS) is 10.6. The number of benzene rings is 2. The summed E-state index contributed by atoms with van der Waals surface area (Å²) in [5, 5.41) is 11.7. The summed E-state index contributed by atoms with van der Waals surface area (Å²) in [5.41, 5.74) is 4.35. The van der Waals surface area contributed by atoms with Crippen LogP contribution in [0.2, 0.25) is 0 Å². The lowest BCUT2D eigenvalue weighted by atomic mass is 10.1. The van der Waals surface area contributed by atoms with Crippen LogP contribution in [0.5, 0.6) is 5.75 Å². The van der Waals surface area contributed by atoms with Gasteiger partial charge in [-0.1, -0.05) is 36.4 Å². The van der Waals surface area contributed by atoms with Crippen LogP contribution in [0.1, 0.15) is 16.7 Å². The zero-order valence-electron chi connectivity index (χ0n) is 12.5. The summed E-state index contributed by atoms with van der Waals surface area (Å²) in [6.07, 6.45) is 0. The maximum Gasteiger partial charge on any atom is 0.120 e. The third kappa shape index (κ3) is 3.38. The molecule has 0 atom stereocenters. The van der Waals surface area contributed by atoms with Gasteiger partial charge in [-0.05, 0) is 47.2 Å². The van der Waals surface area contributed by atoms with Crippen molar-refractivity contribution in [3.05, 3.63) is 76.7 Å². The minimum Gasteiger partial charge on any atom is -0.489 e. The lowest BCUT2D eigenvalue weighted by molar-refractivity contribution is 0.281. The second-order valence-electron chi connectivity index (χ2n) is 5.24. The molecule has 3 rings (SSSR count). The van der Waals surface area contributed by atoms with E-state index in [1.807, 2.05) is 48.5 Å². The summed E-state index contributed by atoms with van der Waals surface area (Å²) in [6, 6.07) is 18.1. The Morgan fingerprint density at radius 2 is 1.86 bits per heavy atom. The maximum atomic E-state index is 9.55. The van der Waals surface area contributed by atoms with Crippen LogP contribution < -0.4 is 4.74 Å². The molecule has 0 amide bonds. The van der Waals surface area contributed by atoms with E-state index in [9.17, 15) is 5.11 Å². The predicted molar refractivity (Wildman–Crippen MR) is 91.2 cm³/mol. The van der Waals surface area contributed by atoms with Gasteiger partial charge in [-0.15, -0.1) is 11.3 Å². The van der Waals surface area contributed by atoms with Crippen LogP contribution in [0.4, 0.5) is 0 Å². The smallest absolute Gasteiger partial charge is 0.120 e. The van der Waals surface area contributed by atoms with E-state index >= 15 is 0 Å². The van der Waals surface area contributed by atoms with Gasteiger partial charge in [0.1, 0.15) is 12.4 Å². The Bertz CT molecular complexity index is 747. The average molecular weight is 310 g/mol. The van der Waals surface area contributed by atoms with Gasteiger partial charge < -0.3 is 9.84 Å². The topological polar surface area (TPSA) is 29.5 Å². The Kier molecular flexibility index (Phi) is 4.56. The quantitative estimate of drug-likeness (QED) is 0.734. The lowest BCUT2D eigenvalue weighted by Gasteiger charge is -2.11. The zero-order valence-corrected chi connectivity index (χ0v) is 13.3. The minimum absolute atomic E-state index is 0.0330. The number of aliphatic hydroxyl groups excluding tert-OH is 1. The van der Waals surface area contributed by atoms with E-state index in [0.717, 1.165) is 27.3 Å². The summed E-state index contributed by atoms with van der Waals surface area (Å²) >= 11 is 1.69. The molecule has 2 aromatic carbocycles. The second kappa shape index (κ2) is 6.77. The van der Waals surface area contributed by atoms with E-state index in [0.29, 0.717) is 6.61 Å². The van der Waals surface area contributed by atoms with Crippen molar-refractivity contribution < 1.29 is 9.84 Å². The molecule has 0 bridgehead atoms. The molecule has 0 aliphatic rings. The summed E-state index contributed by atoms with van der Waals surface area (Å²) in [7, 11) is 0. The number of aliphatic hydroxyl groups is 1. The van der Waals surface area contributed by atoms with E-state index < -0.39 is 0 Å². The van der Waals surface area contributed by atoms with E-state index in [4.69, 9.17) is 4.74 Å². The van der Waals surface area contributed by atoms with Gasteiger partial charge in [0.25, 0.3) is 0 Å². The zero-order chi connectivity index (χ0) is 15.4. The third-order valence-corrected chi connectivity index (χ3v) is 4.58. The summed E-state index contributed by atoms with van der Waals surface area (Å²) < 4.78 is 5.88. The minimum atomic E-state index is 0.0330. The van der Waals surface area contributed by atoms with Gasteiger partial charge >= 0.3 is 0 Å². The molecule has 0 spiro atoms. The van der Waals surface area contributed by atoms with Crippen molar-refractivity contribution in [1.82, 2.24) is 0 Å². The predicted octanol–water partition coefficient (Wildman–Crippen LogP) is 4.79. The van der Waals surface area contributed by atoms with Crippen LogP contribution in [0, 0.1) is 6.92 Å². The first-order chi connectivity index (χ1) is 10.8. The van der Waals surface area contributed by atoms with Gasteiger partial charge in [0, 0.05) is 10.4 Å². The fourth-order valence-electron chi connectivity index (χ4n) is 2.33. The molecule has 0 unspecified atom stereocenters. The molecular formula is C19H18O2S. The molecule has 0 aliphatic carbocycles. The van der Waals surface area contributed by atoms with Crippen molar-refractivity contribution in [2.24, 2.45) is 0 Å². The highest BCUT2D eigenvalue weighted by Gasteiger charge is 2.09. The molecule has 0 saturated heterocycles. The SMILES string of the molecule is Cc1csc(-c2cc(OCc3ccccc3)ccc2CO)c1. The first-order valence-corrected chi connectivity index (χ1v) is 8.10. The van der Waals surface area contributed by atoms with E-state index in [1.54, 1.807) is 11.3 Å². The van der Waals surface area contributed by atoms with E-state index in [1.165, 1.54) is 5.56 Å². The lowest BCUT2D eigenvalue weighted by Crippen LogP contribution is -1.96. The largest absolute Gasteiger partial charge is 0.489 e. The number of hydrogen-bond acceptors (Lipinski definition) is 3. The number of hydrogen-bond donors (Lipinski definition) is 1. The molecule has 0 aliphatic heterocycles. The molecule has 3 aromatic rings. The molecule has 0 saturated carbocycles. The molecule has 0 radical (unpaired) electrons. The highest BCUT2D eigenvalue weighted by Crippen LogP contribution is 2.33. The van der Waals surface area contributed by atoms with Crippen LogP contribution in [0.25, 0.3) is 10.4 Å². The molecule has 2 nitrogen and oxygen atoms in total. The van der Waals surface area contributed by atoms with Crippen molar-refractivity contribution in [3.8, 4) is 16.2 Å². The summed E-state index contributed by atoms with van der Waals surface area (Å²) in [5.74, 6) is 0.821. The van der Waals surface area contributed by atoms with Crippen molar-refractivity contribution >= 4 is 11.3 Å².